The number of nitrogens with zero attached hydrogens (tertiary/aromatic N) is 1. The van der Waals surface area contributed by atoms with Gasteiger partial charge in [-0.05, 0) is 63.4 Å². The Hall–Kier alpha value is -3.62. The van der Waals surface area contributed by atoms with Crippen LogP contribution in [0.2, 0.25) is 0 Å². The van der Waals surface area contributed by atoms with Crippen LogP contribution in [-0.2, 0) is 19.1 Å². The SMILES string of the molecule is CCOC(=O)C1CCN(C(=O)C(C)OC(=O)c2ccc(C)c(NC(=O)c3ccco3)c2)CC1. The van der Waals surface area contributed by atoms with Gasteiger partial charge >= 0.3 is 11.9 Å². The predicted octanol–water partition coefficient (Wildman–Crippen LogP) is 3.19. The molecule has 1 aliphatic heterocycles. The molecule has 3 rings (SSSR count). The van der Waals surface area contributed by atoms with Crippen LogP contribution < -0.4 is 5.32 Å². The Morgan fingerprint density at radius 1 is 1.18 bits per heavy atom. The molecule has 0 bridgehead atoms. The van der Waals surface area contributed by atoms with E-state index in [1.54, 1.807) is 36.9 Å². The van der Waals surface area contributed by atoms with Crippen LogP contribution in [0.5, 0.6) is 0 Å². The van der Waals surface area contributed by atoms with Gasteiger partial charge in [-0.15, -0.1) is 0 Å². The van der Waals surface area contributed by atoms with E-state index < -0.39 is 18.0 Å². The van der Waals surface area contributed by atoms with E-state index >= 15 is 0 Å². The van der Waals surface area contributed by atoms with Crippen molar-refractivity contribution < 1.29 is 33.1 Å². The molecular weight excluding hydrogens is 428 g/mol. The summed E-state index contributed by atoms with van der Waals surface area (Å²) in [5, 5.41) is 2.70. The third-order valence-electron chi connectivity index (χ3n) is 5.52. The summed E-state index contributed by atoms with van der Waals surface area (Å²) in [7, 11) is 0. The number of amides is 2. The van der Waals surface area contributed by atoms with Crippen molar-refractivity contribution in [3.63, 3.8) is 0 Å². The van der Waals surface area contributed by atoms with Gasteiger partial charge in [-0.1, -0.05) is 6.07 Å². The van der Waals surface area contributed by atoms with Crippen LogP contribution in [0.25, 0.3) is 0 Å². The summed E-state index contributed by atoms with van der Waals surface area (Å²) < 4.78 is 15.5. The molecule has 0 spiro atoms. The van der Waals surface area contributed by atoms with Crippen LogP contribution in [0.1, 0.15) is 53.2 Å². The van der Waals surface area contributed by atoms with Crippen molar-refractivity contribution in [2.75, 3.05) is 25.0 Å². The van der Waals surface area contributed by atoms with Gasteiger partial charge in [-0.2, -0.15) is 0 Å². The van der Waals surface area contributed by atoms with Gasteiger partial charge in [0.2, 0.25) is 0 Å². The number of likely N-dealkylation sites (tertiary alicyclic amines) is 1. The van der Waals surface area contributed by atoms with Crippen molar-refractivity contribution >= 4 is 29.4 Å². The summed E-state index contributed by atoms with van der Waals surface area (Å²) in [4.78, 5) is 51.1. The van der Waals surface area contributed by atoms with E-state index in [-0.39, 0.29) is 29.1 Å². The summed E-state index contributed by atoms with van der Waals surface area (Å²) in [6, 6.07) is 7.89. The highest BCUT2D eigenvalue weighted by Gasteiger charge is 2.31. The molecule has 1 fully saturated rings. The van der Waals surface area contributed by atoms with Crippen LogP contribution >= 0.6 is 0 Å². The second kappa shape index (κ2) is 10.8. The van der Waals surface area contributed by atoms with E-state index in [1.165, 1.54) is 25.3 Å². The third-order valence-corrected chi connectivity index (χ3v) is 5.52. The van der Waals surface area contributed by atoms with E-state index in [1.807, 2.05) is 0 Å². The number of hydrogen-bond donors (Lipinski definition) is 1. The number of benzene rings is 1. The van der Waals surface area contributed by atoms with Crippen molar-refractivity contribution in [1.82, 2.24) is 4.90 Å². The first-order valence-corrected chi connectivity index (χ1v) is 10.9. The van der Waals surface area contributed by atoms with Gasteiger partial charge in [-0.3, -0.25) is 14.4 Å². The van der Waals surface area contributed by atoms with E-state index in [2.05, 4.69) is 5.32 Å². The number of piperidine rings is 1. The summed E-state index contributed by atoms with van der Waals surface area (Å²) in [6.45, 7) is 6.20. The van der Waals surface area contributed by atoms with Crippen molar-refractivity contribution in [2.45, 2.75) is 39.7 Å². The minimum atomic E-state index is -0.987. The maximum Gasteiger partial charge on any atom is 0.338 e. The standard InChI is InChI=1S/C24H28N2O7/c1-4-31-23(29)17-9-11-26(12-10-17)22(28)16(3)33-24(30)18-8-7-15(2)19(14-18)25-21(27)20-6-5-13-32-20/h5-8,13-14,16-17H,4,9-12H2,1-3H3,(H,25,27). The first-order valence-electron chi connectivity index (χ1n) is 10.9. The van der Waals surface area contributed by atoms with Gasteiger partial charge in [0.05, 0.1) is 24.4 Å². The number of rotatable bonds is 7. The van der Waals surface area contributed by atoms with Crippen LogP contribution in [0.3, 0.4) is 0 Å². The topological polar surface area (TPSA) is 115 Å². The molecule has 1 aromatic carbocycles. The minimum Gasteiger partial charge on any atom is -0.466 e. The average Bonchev–Trinajstić information content (AvgIpc) is 3.35. The molecule has 176 valence electrons. The van der Waals surface area contributed by atoms with Crippen LogP contribution in [-0.4, -0.2) is 54.5 Å². The zero-order chi connectivity index (χ0) is 24.0. The molecule has 1 aliphatic rings. The zero-order valence-corrected chi connectivity index (χ0v) is 19.0. The largest absolute Gasteiger partial charge is 0.466 e. The Morgan fingerprint density at radius 2 is 1.91 bits per heavy atom. The van der Waals surface area contributed by atoms with Gasteiger partial charge in [-0.25, -0.2) is 4.79 Å². The molecule has 9 heteroatoms. The zero-order valence-electron chi connectivity index (χ0n) is 19.0. The molecule has 0 radical (unpaired) electrons. The Labute approximate surface area is 192 Å². The quantitative estimate of drug-likeness (QED) is 0.636. The predicted molar refractivity (Wildman–Crippen MR) is 119 cm³/mol. The molecule has 0 aliphatic carbocycles. The third kappa shape index (κ3) is 6.00. The highest BCUT2D eigenvalue weighted by Crippen LogP contribution is 2.21. The fourth-order valence-electron chi connectivity index (χ4n) is 3.61. The normalized spacial score (nSPS) is 14.9. The molecule has 1 N–H and O–H groups in total. The molecule has 2 aromatic rings. The minimum absolute atomic E-state index is 0.147. The highest BCUT2D eigenvalue weighted by molar-refractivity contribution is 6.03. The van der Waals surface area contributed by atoms with Gasteiger partial charge in [0.1, 0.15) is 0 Å². The molecule has 2 heterocycles. The summed E-state index contributed by atoms with van der Waals surface area (Å²) in [5.74, 6) is -1.74. The number of nitrogens with one attached hydrogen (secondary N) is 1. The molecule has 1 atom stereocenters. The van der Waals surface area contributed by atoms with Crippen molar-refractivity contribution in [2.24, 2.45) is 5.92 Å². The lowest BCUT2D eigenvalue weighted by Gasteiger charge is -2.32. The molecule has 33 heavy (non-hydrogen) atoms. The Kier molecular flexibility index (Phi) is 7.87. The number of furan rings is 1. The van der Waals surface area contributed by atoms with Crippen molar-refractivity contribution in [3.8, 4) is 0 Å². The number of hydrogen-bond acceptors (Lipinski definition) is 7. The van der Waals surface area contributed by atoms with E-state index in [4.69, 9.17) is 13.9 Å². The van der Waals surface area contributed by atoms with Crippen LogP contribution in [0.15, 0.2) is 41.0 Å². The highest BCUT2D eigenvalue weighted by atomic mass is 16.5. The van der Waals surface area contributed by atoms with Crippen LogP contribution in [0.4, 0.5) is 5.69 Å². The molecule has 1 saturated heterocycles. The Balaban J connectivity index is 1.57. The molecule has 2 amide bonds. The second-order valence-electron chi connectivity index (χ2n) is 7.86. The molecular formula is C24H28N2O7. The average molecular weight is 456 g/mol. The lowest BCUT2D eigenvalue weighted by Crippen LogP contribution is -2.45. The lowest BCUT2D eigenvalue weighted by atomic mass is 9.97. The fourth-order valence-corrected chi connectivity index (χ4v) is 3.61. The summed E-state index contributed by atoms with van der Waals surface area (Å²) in [6.07, 6.45) is 1.44. The monoisotopic (exact) mass is 456 g/mol. The number of ether oxygens (including phenoxy) is 2. The van der Waals surface area contributed by atoms with Gasteiger partial charge in [0.25, 0.3) is 11.8 Å². The molecule has 1 aromatic heterocycles. The summed E-state index contributed by atoms with van der Waals surface area (Å²) in [5.41, 5.74) is 1.39. The van der Waals surface area contributed by atoms with Crippen LogP contribution in [0, 0.1) is 12.8 Å². The molecule has 0 saturated carbocycles. The first-order chi connectivity index (χ1) is 15.8. The Bertz CT molecular complexity index is 1010. The Morgan fingerprint density at radius 3 is 2.55 bits per heavy atom. The number of esters is 2. The van der Waals surface area contributed by atoms with Crippen molar-refractivity contribution in [3.05, 3.63) is 53.5 Å². The van der Waals surface area contributed by atoms with E-state index in [9.17, 15) is 19.2 Å². The number of anilines is 1. The maximum atomic E-state index is 12.7. The van der Waals surface area contributed by atoms with E-state index in [0.717, 1.165) is 5.56 Å². The first kappa shape index (κ1) is 24.0. The smallest absolute Gasteiger partial charge is 0.338 e. The molecule has 1 unspecified atom stereocenters. The van der Waals surface area contributed by atoms with Gasteiger partial charge in [0, 0.05) is 18.8 Å². The van der Waals surface area contributed by atoms with Gasteiger partial charge < -0.3 is 24.1 Å². The number of carbonyl (C=O) groups excluding carboxylic acids is 4. The fraction of sp³-hybridized carbons (Fsp3) is 0.417. The number of carbonyl (C=O) groups is 4. The second-order valence-corrected chi connectivity index (χ2v) is 7.86. The maximum absolute atomic E-state index is 12.7. The van der Waals surface area contributed by atoms with E-state index in [0.29, 0.717) is 38.2 Å². The number of aryl methyl sites for hydroxylation is 1. The molecule has 9 nitrogen and oxygen atoms in total. The van der Waals surface area contributed by atoms with Gasteiger partial charge in [0.15, 0.2) is 11.9 Å². The lowest BCUT2D eigenvalue weighted by molar-refractivity contribution is -0.152. The summed E-state index contributed by atoms with van der Waals surface area (Å²) >= 11 is 0. The van der Waals surface area contributed by atoms with Crippen molar-refractivity contribution in [1.29, 1.82) is 0 Å².